The van der Waals surface area contributed by atoms with Gasteiger partial charge >= 0.3 is 0 Å². The van der Waals surface area contributed by atoms with Crippen LogP contribution in [0.25, 0.3) is 0 Å². The molecule has 3 nitrogen and oxygen atoms in total. The molecule has 0 spiro atoms. The fraction of sp³-hybridized carbons (Fsp3) is 0.909. The lowest BCUT2D eigenvalue weighted by molar-refractivity contribution is 0.0549. The maximum Gasteiger partial charge on any atom is 0.0938 e. The van der Waals surface area contributed by atoms with Crippen molar-refractivity contribution in [1.82, 2.24) is 4.90 Å². The molecule has 80 valence electrons. The molecule has 0 aromatic rings. The van der Waals surface area contributed by atoms with Crippen molar-refractivity contribution >= 4 is 5.84 Å². The van der Waals surface area contributed by atoms with Crippen molar-refractivity contribution in [2.24, 2.45) is 16.6 Å². The highest BCUT2D eigenvalue weighted by molar-refractivity contribution is 5.80. The molecule has 3 atom stereocenters. The van der Waals surface area contributed by atoms with Crippen LogP contribution in [-0.2, 0) is 0 Å². The lowest BCUT2D eigenvalue weighted by Gasteiger charge is -2.47. The zero-order chi connectivity index (χ0) is 10.1. The van der Waals surface area contributed by atoms with E-state index in [1.807, 2.05) is 0 Å². The summed E-state index contributed by atoms with van der Waals surface area (Å²) in [5.41, 5.74) is 5.81. The summed E-state index contributed by atoms with van der Waals surface area (Å²) in [6, 6.07) is 1.14. The number of aliphatic imine (C=N–C) groups is 1. The summed E-state index contributed by atoms with van der Waals surface area (Å²) >= 11 is 0. The van der Waals surface area contributed by atoms with Gasteiger partial charge in [-0.3, -0.25) is 4.99 Å². The summed E-state index contributed by atoms with van der Waals surface area (Å²) in [5.74, 6) is 1.69. The Labute approximate surface area is 86.4 Å². The smallest absolute Gasteiger partial charge is 0.0938 e. The first-order valence-electron chi connectivity index (χ1n) is 5.73. The topological polar surface area (TPSA) is 41.6 Å². The molecule has 0 radical (unpaired) electrons. The van der Waals surface area contributed by atoms with Crippen LogP contribution < -0.4 is 5.73 Å². The standard InChI is InChI=1S/C11H21N3/c1-3-11(12)13-9-6-8-4-5-10(9)14(2)7-8/h8-10H,3-7H2,1-2H3,(H2,12,13). The third-order valence-corrected chi connectivity index (χ3v) is 3.70. The third kappa shape index (κ3) is 1.78. The van der Waals surface area contributed by atoms with Crippen LogP contribution in [0.3, 0.4) is 0 Å². The molecule has 3 unspecified atom stereocenters. The second kappa shape index (κ2) is 3.89. The van der Waals surface area contributed by atoms with E-state index in [4.69, 9.17) is 5.73 Å². The summed E-state index contributed by atoms with van der Waals surface area (Å²) in [4.78, 5) is 7.11. The molecule has 3 fully saturated rings. The summed E-state index contributed by atoms with van der Waals surface area (Å²) in [6.07, 6.45) is 4.85. The molecule has 3 heteroatoms. The van der Waals surface area contributed by atoms with Gasteiger partial charge in [0.05, 0.1) is 11.9 Å². The minimum atomic E-state index is 0.479. The van der Waals surface area contributed by atoms with Gasteiger partial charge in [-0.15, -0.1) is 0 Å². The van der Waals surface area contributed by atoms with Gasteiger partial charge in [0.2, 0.25) is 0 Å². The van der Waals surface area contributed by atoms with Gasteiger partial charge in [0.1, 0.15) is 0 Å². The van der Waals surface area contributed by atoms with Crippen LogP contribution in [0.4, 0.5) is 0 Å². The van der Waals surface area contributed by atoms with Gasteiger partial charge in [0.15, 0.2) is 0 Å². The van der Waals surface area contributed by atoms with E-state index < -0.39 is 0 Å². The van der Waals surface area contributed by atoms with Gasteiger partial charge in [0.25, 0.3) is 0 Å². The number of nitrogens with two attached hydrogens (primary N) is 1. The molecule has 14 heavy (non-hydrogen) atoms. The van der Waals surface area contributed by atoms with Crippen molar-refractivity contribution in [3.63, 3.8) is 0 Å². The SMILES string of the molecule is CCC(N)=NC1CC2CCC1N(C)C2. The summed E-state index contributed by atoms with van der Waals surface area (Å²) in [5, 5.41) is 0. The number of fused-ring (bicyclic) bond motifs is 3. The van der Waals surface area contributed by atoms with E-state index in [0.29, 0.717) is 12.1 Å². The van der Waals surface area contributed by atoms with Gasteiger partial charge in [-0.25, -0.2) is 0 Å². The Hall–Kier alpha value is -0.570. The van der Waals surface area contributed by atoms with Crippen LogP contribution in [-0.4, -0.2) is 36.4 Å². The van der Waals surface area contributed by atoms with Crippen LogP contribution in [0.2, 0.25) is 0 Å². The largest absolute Gasteiger partial charge is 0.387 e. The number of amidine groups is 1. The zero-order valence-electron chi connectivity index (χ0n) is 9.24. The zero-order valence-corrected chi connectivity index (χ0v) is 9.24. The monoisotopic (exact) mass is 195 g/mol. The van der Waals surface area contributed by atoms with E-state index in [1.54, 1.807) is 0 Å². The number of likely N-dealkylation sites (N-methyl/N-ethyl adjacent to an activating group) is 1. The van der Waals surface area contributed by atoms with Crippen LogP contribution in [0.5, 0.6) is 0 Å². The maximum atomic E-state index is 5.81. The van der Waals surface area contributed by atoms with E-state index in [2.05, 4.69) is 23.9 Å². The van der Waals surface area contributed by atoms with E-state index in [0.717, 1.165) is 18.2 Å². The van der Waals surface area contributed by atoms with E-state index in [-0.39, 0.29) is 0 Å². The Bertz CT molecular complexity index is 237. The van der Waals surface area contributed by atoms with E-state index in [1.165, 1.54) is 25.8 Å². The van der Waals surface area contributed by atoms with Crippen molar-refractivity contribution in [2.75, 3.05) is 13.6 Å². The molecule has 2 N–H and O–H groups in total. The molecule has 0 amide bonds. The number of piperidine rings is 2. The molecule has 2 bridgehead atoms. The van der Waals surface area contributed by atoms with Gasteiger partial charge in [-0.1, -0.05) is 6.92 Å². The molecule has 2 saturated heterocycles. The number of hydrogen-bond acceptors (Lipinski definition) is 2. The highest BCUT2D eigenvalue weighted by Gasteiger charge is 2.38. The molecule has 1 saturated carbocycles. The van der Waals surface area contributed by atoms with Crippen molar-refractivity contribution in [1.29, 1.82) is 0 Å². The normalized spacial score (nSPS) is 39.0. The highest BCUT2D eigenvalue weighted by atomic mass is 15.2. The number of hydrogen-bond donors (Lipinski definition) is 1. The molecule has 0 aromatic heterocycles. The average Bonchev–Trinajstić information content (AvgIpc) is 2.18. The molecule has 2 heterocycles. The third-order valence-electron chi connectivity index (χ3n) is 3.70. The van der Waals surface area contributed by atoms with Crippen LogP contribution in [0.1, 0.15) is 32.6 Å². The Kier molecular flexibility index (Phi) is 2.77. The van der Waals surface area contributed by atoms with Gasteiger partial charge in [0, 0.05) is 19.0 Å². The molecule has 2 aliphatic heterocycles. The molecule has 1 aliphatic carbocycles. The molecular formula is C11H21N3. The summed E-state index contributed by atoms with van der Waals surface area (Å²) < 4.78 is 0. The van der Waals surface area contributed by atoms with Gasteiger partial charge < -0.3 is 10.6 Å². The Morgan fingerprint density at radius 3 is 2.86 bits per heavy atom. The van der Waals surface area contributed by atoms with E-state index >= 15 is 0 Å². The lowest BCUT2D eigenvalue weighted by atomic mass is 9.77. The Morgan fingerprint density at radius 1 is 1.50 bits per heavy atom. The van der Waals surface area contributed by atoms with Crippen LogP contribution >= 0.6 is 0 Å². The van der Waals surface area contributed by atoms with Crippen LogP contribution in [0, 0.1) is 5.92 Å². The average molecular weight is 195 g/mol. The van der Waals surface area contributed by atoms with Gasteiger partial charge in [-0.05, 0) is 32.2 Å². The minimum Gasteiger partial charge on any atom is -0.387 e. The summed E-state index contributed by atoms with van der Waals surface area (Å²) in [6.45, 7) is 3.34. The number of nitrogens with zero attached hydrogens (tertiary/aromatic N) is 2. The number of rotatable bonds is 2. The van der Waals surface area contributed by atoms with Crippen molar-refractivity contribution < 1.29 is 0 Å². The van der Waals surface area contributed by atoms with E-state index in [9.17, 15) is 0 Å². The molecule has 3 aliphatic rings. The second-order valence-electron chi connectivity index (χ2n) is 4.73. The molecule has 3 rings (SSSR count). The fourth-order valence-electron chi connectivity index (χ4n) is 2.88. The van der Waals surface area contributed by atoms with Crippen molar-refractivity contribution in [2.45, 2.75) is 44.7 Å². The van der Waals surface area contributed by atoms with Crippen molar-refractivity contribution in [3.8, 4) is 0 Å². The molecule has 0 aromatic carbocycles. The highest BCUT2D eigenvalue weighted by Crippen LogP contribution is 2.35. The quantitative estimate of drug-likeness (QED) is 0.532. The summed E-state index contributed by atoms with van der Waals surface area (Å²) in [7, 11) is 2.22. The Morgan fingerprint density at radius 2 is 2.29 bits per heavy atom. The van der Waals surface area contributed by atoms with Gasteiger partial charge in [-0.2, -0.15) is 0 Å². The second-order valence-corrected chi connectivity index (χ2v) is 4.73. The maximum absolute atomic E-state index is 5.81. The minimum absolute atomic E-state index is 0.479. The van der Waals surface area contributed by atoms with Crippen molar-refractivity contribution in [3.05, 3.63) is 0 Å². The van der Waals surface area contributed by atoms with Crippen LogP contribution in [0.15, 0.2) is 4.99 Å². The first-order valence-corrected chi connectivity index (χ1v) is 5.73. The lowest BCUT2D eigenvalue weighted by Crippen LogP contribution is -2.53. The first kappa shape index (κ1) is 9.97. The fourth-order valence-corrected chi connectivity index (χ4v) is 2.88. The Balaban J connectivity index is 2.07. The molecular weight excluding hydrogens is 174 g/mol. The first-order chi connectivity index (χ1) is 6.70. The predicted molar refractivity (Wildman–Crippen MR) is 59.5 cm³/mol. The predicted octanol–water partition coefficient (Wildman–Crippen LogP) is 1.24.